The lowest BCUT2D eigenvalue weighted by Crippen LogP contribution is -2.05. The average molecular weight is 292 g/mol. The Morgan fingerprint density at radius 3 is 2.95 bits per heavy atom. The van der Waals surface area contributed by atoms with E-state index in [-0.39, 0.29) is 5.97 Å². The van der Waals surface area contributed by atoms with Crippen LogP contribution in [0.25, 0.3) is 10.7 Å². The van der Waals surface area contributed by atoms with Crippen molar-refractivity contribution in [2.75, 3.05) is 13.7 Å². The number of ether oxygens (including phenoxy) is 2. The Labute approximate surface area is 121 Å². The zero-order valence-electron chi connectivity index (χ0n) is 11.5. The Morgan fingerprint density at radius 1 is 1.35 bits per heavy atom. The molecule has 0 aromatic carbocycles. The van der Waals surface area contributed by atoms with Crippen LogP contribution in [0.1, 0.15) is 19.0 Å². The second kappa shape index (κ2) is 7.00. The highest BCUT2D eigenvalue weighted by Crippen LogP contribution is 2.24. The Hall–Kier alpha value is -1.95. The van der Waals surface area contributed by atoms with E-state index in [1.54, 1.807) is 20.1 Å². The van der Waals surface area contributed by atoms with Crippen molar-refractivity contribution in [1.29, 1.82) is 0 Å². The maximum Gasteiger partial charge on any atom is 0.306 e. The molecule has 20 heavy (non-hydrogen) atoms. The van der Waals surface area contributed by atoms with Gasteiger partial charge in [0.25, 0.3) is 0 Å². The molecule has 2 aromatic rings. The van der Waals surface area contributed by atoms with Crippen LogP contribution in [0.4, 0.5) is 0 Å². The van der Waals surface area contributed by atoms with Gasteiger partial charge in [0, 0.05) is 17.9 Å². The molecule has 0 amide bonds. The van der Waals surface area contributed by atoms with Crippen LogP contribution < -0.4 is 4.74 Å². The first kappa shape index (κ1) is 14.5. The van der Waals surface area contributed by atoms with Gasteiger partial charge in [-0.1, -0.05) is 6.07 Å². The smallest absolute Gasteiger partial charge is 0.306 e. The predicted molar refractivity (Wildman–Crippen MR) is 76.9 cm³/mol. The van der Waals surface area contributed by atoms with Gasteiger partial charge in [0.1, 0.15) is 10.7 Å². The molecule has 2 rings (SSSR count). The summed E-state index contributed by atoms with van der Waals surface area (Å²) < 4.78 is 9.99. The number of methoxy groups -OCH3 is 1. The van der Waals surface area contributed by atoms with Crippen LogP contribution in [0, 0.1) is 0 Å². The molecule has 2 heterocycles. The third-order valence-corrected chi connectivity index (χ3v) is 3.51. The van der Waals surface area contributed by atoms with Gasteiger partial charge in [-0.2, -0.15) is 0 Å². The number of rotatable bonds is 6. The van der Waals surface area contributed by atoms with Gasteiger partial charge >= 0.3 is 5.97 Å². The Morgan fingerprint density at radius 2 is 2.20 bits per heavy atom. The quantitative estimate of drug-likeness (QED) is 0.766. The number of esters is 1. The molecule has 0 aliphatic heterocycles. The lowest BCUT2D eigenvalue weighted by atomic mass is 10.2. The summed E-state index contributed by atoms with van der Waals surface area (Å²) in [5.41, 5.74) is 1.65. The summed E-state index contributed by atoms with van der Waals surface area (Å²) in [5, 5.41) is 2.76. The number of carbonyl (C=O) groups is 1. The molecule has 0 bridgehead atoms. The molecular formula is C14H16N2O3S. The van der Waals surface area contributed by atoms with Gasteiger partial charge in [0.05, 0.1) is 25.8 Å². The van der Waals surface area contributed by atoms with Crippen molar-refractivity contribution in [2.24, 2.45) is 0 Å². The van der Waals surface area contributed by atoms with E-state index >= 15 is 0 Å². The highest BCUT2D eigenvalue weighted by Gasteiger charge is 2.09. The standard InChI is InChI=1S/C14H16N2O3S/c1-3-19-13(17)8-7-10-9-20-14(15-10)11-5-4-6-12(16-11)18-2/h4-6,9H,3,7-8H2,1-2H3. The van der Waals surface area contributed by atoms with Gasteiger partial charge in [-0.05, 0) is 13.0 Å². The van der Waals surface area contributed by atoms with Crippen LogP contribution in [0.5, 0.6) is 5.88 Å². The van der Waals surface area contributed by atoms with Gasteiger partial charge in [-0.15, -0.1) is 11.3 Å². The number of hydrogen-bond acceptors (Lipinski definition) is 6. The molecule has 5 nitrogen and oxygen atoms in total. The topological polar surface area (TPSA) is 61.3 Å². The molecule has 0 N–H and O–H groups in total. The Kier molecular flexibility index (Phi) is 5.06. The minimum absolute atomic E-state index is 0.193. The maximum atomic E-state index is 11.3. The number of thiazole rings is 1. The van der Waals surface area contributed by atoms with Crippen molar-refractivity contribution in [3.05, 3.63) is 29.3 Å². The number of aromatic nitrogens is 2. The Balaban J connectivity index is 2.03. The van der Waals surface area contributed by atoms with E-state index in [9.17, 15) is 4.79 Å². The first-order chi connectivity index (χ1) is 9.72. The average Bonchev–Trinajstić information content (AvgIpc) is 2.94. The fraction of sp³-hybridized carbons (Fsp3) is 0.357. The first-order valence-electron chi connectivity index (χ1n) is 6.34. The van der Waals surface area contributed by atoms with Gasteiger partial charge in [0.15, 0.2) is 0 Å². The van der Waals surface area contributed by atoms with E-state index in [4.69, 9.17) is 9.47 Å². The van der Waals surface area contributed by atoms with Crippen molar-refractivity contribution >= 4 is 17.3 Å². The highest BCUT2D eigenvalue weighted by atomic mass is 32.1. The van der Waals surface area contributed by atoms with E-state index in [2.05, 4.69) is 9.97 Å². The number of nitrogens with zero attached hydrogens (tertiary/aromatic N) is 2. The van der Waals surface area contributed by atoms with Crippen molar-refractivity contribution in [2.45, 2.75) is 19.8 Å². The van der Waals surface area contributed by atoms with Crippen molar-refractivity contribution in [3.8, 4) is 16.6 Å². The summed E-state index contributed by atoms with van der Waals surface area (Å²) in [6.07, 6.45) is 0.932. The number of hydrogen-bond donors (Lipinski definition) is 0. The van der Waals surface area contributed by atoms with E-state index < -0.39 is 0 Å². The predicted octanol–water partition coefficient (Wildman–Crippen LogP) is 2.71. The van der Waals surface area contributed by atoms with Crippen molar-refractivity contribution in [1.82, 2.24) is 9.97 Å². The zero-order chi connectivity index (χ0) is 14.4. The molecule has 0 saturated carbocycles. The minimum atomic E-state index is -0.193. The van der Waals surface area contributed by atoms with E-state index in [0.29, 0.717) is 25.3 Å². The lowest BCUT2D eigenvalue weighted by Gasteiger charge is -2.00. The van der Waals surface area contributed by atoms with Crippen LogP contribution in [0.2, 0.25) is 0 Å². The number of pyridine rings is 1. The molecular weight excluding hydrogens is 276 g/mol. The van der Waals surface area contributed by atoms with Gasteiger partial charge in [0.2, 0.25) is 5.88 Å². The van der Waals surface area contributed by atoms with Crippen LogP contribution in [0.15, 0.2) is 23.6 Å². The number of carbonyl (C=O) groups excluding carboxylic acids is 1. The monoisotopic (exact) mass is 292 g/mol. The fourth-order valence-electron chi connectivity index (χ4n) is 1.65. The fourth-order valence-corrected chi connectivity index (χ4v) is 2.47. The molecule has 0 aliphatic carbocycles. The van der Waals surface area contributed by atoms with E-state index in [1.807, 2.05) is 17.5 Å². The van der Waals surface area contributed by atoms with Crippen molar-refractivity contribution in [3.63, 3.8) is 0 Å². The summed E-state index contributed by atoms with van der Waals surface area (Å²) in [6.45, 7) is 2.21. The summed E-state index contributed by atoms with van der Waals surface area (Å²) in [4.78, 5) is 20.1. The normalized spacial score (nSPS) is 10.3. The number of aryl methyl sites for hydroxylation is 1. The van der Waals surface area contributed by atoms with Crippen LogP contribution in [0.3, 0.4) is 0 Å². The maximum absolute atomic E-state index is 11.3. The zero-order valence-corrected chi connectivity index (χ0v) is 12.3. The van der Waals surface area contributed by atoms with E-state index in [1.165, 1.54) is 11.3 Å². The van der Waals surface area contributed by atoms with Crippen molar-refractivity contribution < 1.29 is 14.3 Å². The summed E-state index contributed by atoms with van der Waals surface area (Å²) in [6, 6.07) is 5.55. The second-order valence-corrected chi connectivity index (χ2v) is 4.87. The molecule has 106 valence electrons. The summed E-state index contributed by atoms with van der Waals surface area (Å²) in [7, 11) is 1.58. The molecule has 0 atom stereocenters. The minimum Gasteiger partial charge on any atom is -0.481 e. The molecule has 0 aliphatic rings. The first-order valence-corrected chi connectivity index (χ1v) is 7.22. The van der Waals surface area contributed by atoms with Crippen LogP contribution in [-0.4, -0.2) is 29.7 Å². The molecule has 0 saturated heterocycles. The molecule has 0 spiro atoms. The third-order valence-electron chi connectivity index (χ3n) is 2.59. The molecule has 2 aromatic heterocycles. The Bertz CT molecular complexity index is 583. The van der Waals surface area contributed by atoms with Crippen LogP contribution >= 0.6 is 11.3 Å². The van der Waals surface area contributed by atoms with Gasteiger partial charge < -0.3 is 9.47 Å². The largest absolute Gasteiger partial charge is 0.481 e. The molecule has 0 radical (unpaired) electrons. The van der Waals surface area contributed by atoms with E-state index in [0.717, 1.165) is 16.4 Å². The lowest BCUT2D eigenvalue weighted by molar-refractivity contribution is -0.143. The van der Waals surface area contributed by atoms with Crippen LogP contribution in [-0.2, 0) is 16.0 Å². The van der Waals surface area contributed by atoms with Gasteiger partial charge in [-0.25, -0.2) is 9.97 Å². The van der Waals surface area contributed by atoms with Gasteiger partial charge in [-0.3, -0.25) is 4.79 Å². The SMILES string of the molecule is CCOC(=O)CCc1csc(-c2cccc(OC)n2)n1. The second-order valence-electron chi connectivity index (χ2n) is 4.01. The summed E-state index contributed by atoms with van der Waals surface area (Å²) >= 11 is 1.51. The molecule has 0 fully saturated rings. The molecule has 0 unspecified atom stereocenters. The highest BCUT2D eigenvalue weighted by molar-refractivity contribution is 7.13. The molecule has 6 heteroatoms. The summed E-state index contributed by atoms with van der Waals surface area (Å²) in [5.74, 6) is 0.368. The third kappa shape index (κ3) is 3.77.